The molecule has 1 aromatic carbocycles. The average Bonchev–Trinajstić information content (AvgIpc) is 2.74. The molecule has 3 rings (SSSR count). The summed E-state index contributed by atoms with van der Waals surface area (Å²) in [5, 5.41) is 2.88. The Morgan fingerprint density at radius 1 is 1.25 bits per heavy atom. The van der Waals surface area contributed by atoms with Crippen molar-refractivity contribution in [1.29, 1.82) is 0 Å². The highest BCUT2D eigenvalue weighted by Gasteiger charge is 2.29. The van der Waals surface area contributed by atoms with Crippen molar-refractivity contribution in [2.24, 2.45) is 0 Å². The van der Waals surface area contributed by atoms with Gasteiger partial charge in [-0.05, 0) is 43.2 Å². The van der Waals surface area contributed by atoms with E-state index in [0.717, 1.165) is 5.69 Å². The van der Waals surface area contributed by atoms with Crippen LogP contribution in [-0.4, -0.2) is 49.9 Å². The van der Waals surface area contributed by atoms with Crippen molar-refractivity contribution < 1.29 is 17.9 Å². The minimum atomic E-state index is -3.68. The number of benzene rings is 1. The summed E-state index contributed by atoms with van der Waals surface area (Å²) >= 11 is 0. The van der Waals surface area contributed by atoms with Crippen LogP contribution < -0.4 is 5.32 Å². The second kappa shape index (κ2) is 8.81. The van der Waals surface area contributed by atoms with Crippen LogP contribution in [0.1, 0.15) is 41.5 Å². The number of nitrogens with one attached hydrogen (secondary N) is 1. The number of hydrogen-bond donors (Lipinski definition) is 1. The van der Waals surface area contributed by atoms with Crippen molar-refractivity contribution in [1.82, 2.24) is 14.6 Å². The Kier molecular flexibility index (Phi) is 6.43. The number of carbonyl (C=O) groups excluding carboxylic acids is 1. The van der Waals surface area contributed by atoms with Crippen LogP contribution in [0.25, 0.3) is 0 Å². The van der Waals surface area contributed by atoms with Crippen LogP contribution in [0.3, 0.4) is 0 Å². The number of carbonyl (C=O) groups is 1. The third-order valence-corrected chi connectivity index (χ3v) is 6.76. The molecule has 28 heavy (non-hydrogen) atoms. The molecule has 2 heterocycles. The molecule has 0 saturated carbocycles. The van der Waals surface area contributed by atoms with Crippen LogP contribution in [0.2, 0.25) is 0 Å². The minimum Gasteiger partial charge on any atom is -0.379 e. The van der Waals surface area contributed by atoms with Gasteiger partial charge in [0.2, 0.25) is 10.0 Å². The second-order valence-corrected chi connectivity index (χ2v) is 8.55. The molecule has 1 aromatic heterocycles. The van der Waals surface area contributed by atoms with Gasteiger partial charge in [0, 0.05) is 24.8 Å². The Balaban J connectivity index is 1.87. The largest absolute Gasteiger partial charge is 0.379 e. The highest BCUT2D eigenvalue weighted by Crippen LogP contribution is 2.24. The number of rotatable bonds is 6. The van der Waals surface area contributed by atoms with Gasteiger partial charge in [0.1, 0.15) is 0 Å². The van der Waals surface area contributed by atoms with E-state index in [1.807, 2.05) is 32.0 Å². The first-order valence-corrected chi connectivity index (χ1v) is 10.8. The van der Waals surface area contributed by atoms with Crippen LogP contribution in [0.4, 0.5) is 0 Å². The zero-order chi connectivity index (χ0) is 20.1. The molecule has 1 N–H and O–H groups in total. The summed E-state index contributed by atoms with van der Waals surface area (Å²) in [4.78, 5) is 17.1. The van der Waals surface area contributed by atoms with E-state index in [9.17, 15) is 13.2 Å². The molecule has 0 radical (unpaired) electrons. The predicted octanol–water partition coefficient (Wildman–Crippen LogP) is 2.16. The molecule has 1 atom stereocenters. The average molecular weight is 404 g/mol. The van der Waals surface area contributed by atoms with E-state index in [1.165, 1.54) is 10.4 Å². The van der Waals surface area contributed by atoms with Gasteiger partial charge in [0.15, 0.2) is 0 Å². The second-order valence-electron chi connectivity index (χ2n) is 6.64. The minimum absolute atomic E-state index is 0.190. The van der Waals surface area contributed by atoms with Gasteiger partial charge >= 0.3 is 0 Å². The van der Waals surface area contributed by atoms with E-state index >= 15 is 0 Å². The lowest BCUT2D eigenvalue weighted by Crippen LogP contribution is -2.41. The fourth-order valence-electron chi connectivity index (χ4n) is 3.14. The number of morpholine rings is 1. The van der Waals surface area contributed by atoms with Gasteiger partial charge < -0.3 is 10.1 Å². The summed E-state index contributed by atoms with van der Waals surface area (Å²) in [6, 6.07) is 10.1. The Bertz CT molecular complexity index is 926. The van der Waals surface area contributed by atoms with E-state index in [4.69, 9.17) is 4.74 Å². The van der Waals surface area contributed by atoms with Crippen LogP contribution in [0.5, 0.6) is 0 Å². The normalized spacial score (nSPS) is 16.5. The van der Waals surface area contributed by atoms with Crippen molar-refractivity contribution in [3.63, 3.8) is 0 Å². The summed E-state index contributed by atoms with van der Waals surface area (Å²) in [6.07, 6.45) is 2.23. The molecule has 1 unspecified atom stereocenters. The molecule has 0 aliphatic carbocycles. The van der Waals surface area contributed by atoms with Crippen LogP contribution >= 0.6 is 0 Å². The lowest BCUT2D eigenvalue weighted by Gasteiger charge is -2.27. The number of aryl methyl sites for hydroxylation is 1. The molecular formula is C20H25N3O4S. The van der Waals surface area contributed by atoms with Gasteiger partial charge in [-0.3, -0.25) is 9.78 Å². The van der Waals surface area contributed by atoms with Crippen molar-refractivity contribution in [2.75, 3.05) is 26.3 Å². The molecule has 1 saturated heterocycles. The quantitative estimate of drug-likeness (QED) is 0.798. The van der Waals surface area contributed by atoms with E-state index < -0.39 is 10.0 Å². The first-order valence-electron chi connectivity index (χ1n) is 9.36. The van der Waals surface area contributed by atoms with E-state index in [2.05, 4.69) is 10.3 Å². The van der Waals surface area contributed by atoms with Crippen molar-refractivity contribution in [2.45, 2.75) is 31.2 Å². The van der Waals surface area contributed by atoms with Gasteiger partial charge in [0.25, 0.3) is 5.91 Å². The molecule has 1 aliphatic rings. The highest BCUT2D eigenvalue weighted by molar-refractivity contribution is 7.89. The topological polar surface area (TPSA) is 88.6 Å². The standard InChI is InChI=1S/C20H25N3O4S/c1-3-16-7-8-17(20(24)22-15(2)18-6-4-5-9-21-18)14-19(16)28(25,26)23-10-12-27-13-11-23/h4-9,14-15H,3,10-13H2,1-2H3,(H,22,24). The number of nitrogens with zero attached hydrogens (tertiary/aromatic N) is 2. The van der Waals surface area contributed by atoms with Gasteiger partial charge in [-0.2, -0.15) is 4.31 Å². The molecule has 1 fully saturated rings. The Labute approximate surface area is 165 Å². The SMILES string of the molecule is CCc1ccc(C(=O)NC(C)c2ccccn2)cc1S(=O)(=O)N1CCOCC1. The number of pyridine rings is 1. The molecule has 0 bridgehead atoms. The number of amides is 1. The van der Waals surface area contributed by atoms with Gasteiger partial charge in [-0.25, -0.2) is 8.42 Å². The Morgan fingerprint density at radius 2 is 2.00 bits per heavy atom. The lowest BCUT2D eigenvalue weighted by atomic mass is 10.1. The predicted molar refractivity (Wildman–Crippen MR) is 106 cm³/mol. The van der Waals surface area contributed by atoms with Gasteiger partial charge in [-0.15, -0.1) is 0 Å². The summed E-state index contributed by atoms with van der Waals surface area (Å²) < 4.78 is 32.9. The summed E-state index contributed by atoms with van der Waals surface area (Å²) in [6.45, 7) is 5.13. The molecular weight excluding hydrogens is 378 g/mol. The van der Waals surface area contributed by atoms with E-state index in [0.29, 0.717) is 43.9 Å². The Hall–Kier alpha value is -2.29. The summed E-state index contributed by atoms with van der Waals surface area (Å²) in [5.41, 5.74) is 1.75. The molecule has 8 heteroatoms. The molecule has 150 valence electrons. The zero-order valence-corrected chi connectivity index (χ0v) is 16.9. The van der Waals surface area contributed by atoms with Gasteiger partial charge in [0.05, 0.1) is 29.8 Å². The van der Waals surface area contributed by atoms with E-state index in [-0.39, 0.29) is 16.8 Å². The van der Waals surface area contributed by atoms with Crippen LogP contribution in [0, 0.1) is 0 Å². The maximum atomic E-state index is 13.1. The van der Waals surface area contributed by atoms with Crippen molar-refractivity contribution >= 4 is 15.9 Å². The molecule has 1 aliphatic heterocycles. The number of hydrogen-bond acceptors (Lipinski definition) is 5. The third-order valence-electron chi connectivity index (χ3n) is 4.78. The van der Waals surface area contributed by atoms with Crippen molar-refractivity contribution in [3.8, 4) is 0 Å². The first-order chi connectivity index (χ1) is 13.4. The maximum absolute atomic E-state index is 13.1. The first kappa shape index (κ1) is 20.4. The number of ether oxygens (including phenoxy) is 1. The molecule has 1 amide bonds. The number of aromatic nitrogens is 1. The molecule has 2 aromatic rings. The highest BCUT2D eigenvalue weighted by atomic mass is 32.2. The summed E-state index contributed by atoms with van der Waals surface area (Å²) in [7, 11) is -3.68. The smallest absolute Gasteiger partial charge is 0.251 e. The third kappa shape index (κ3) is 4.40. The monoisotopic (exact) mass is 403 g/mol. The molecule has 7 nitrogen and oxygen atoms in total. The van der Waals surface area contributed by atoms with Crippen LogP contribution in [0.15, 0.2) is 47.5 Å². The van der Waals surface area contributed by atoms with Crippen molar-refractivity contribution in [3.05, 3.63) is 59.4 Å². The fourth-order valence-corrected chi connectivity index (χ4v) is 4.87. The van der Waals surface area contributed by atoms with Crippen LogP contribution in [-0.2, 0) is 21.2 Å². The van der Waals surface area contributed by atoms with Gasteiger partial charge in [-0.1, -0.05) is 19.1 Å². The fraction of sp³-hybridized carbons (Fsp3) is 0.400. The molecule has 0 spiro atoms. The number of sulfonamides is 1. The maximum Gasteiger partial charge on any atom is 0.251 e. The zero-order valence-electron chi connectivity index (χ0n) is 16.1. The Morgan fingerprint density at radius 3 is 2.64 bits per heavy atom. The summed E-state index contributed by atoms with van der Waals surface area (Å²) in [5.74, 6) is -0.334. The lowest BCUT2D eigenvalue weighted by molar-refractivity contribution is 0.0730. The van der Waals surface area contributed by atoms with E-state index in [1.54, 1.807) is 18.3 Å².